The molecule has 2 amide bonds. The highest BCUT2D eigenvalue weighted by Crippen LogP contribution is 2.37. The van der Waals surface area contributed by atoms with Crippen molar-refractivity contribution in [2.75, 3.05) is 18.5 Å². The zero-order valence-corrected chi connectivity index (χ0v) is 17.9. The highest BCUT2D eigenvalue weighted by molar-refractivity contribution is 6.30. The number of carbonyl (C=O) groups is 2. The first-order chi connectivity index (χ1) is 14.5. The molecule has 1 aliphatic heterocycles. The fourth-order valence-electron chi connectivity index (χ4n) is 4.02. The zero-order chi connectivity index (χ0) is 21.1. The largest absolute Gasteiger partial charge is 0.381 e. The van der Waals surface area contributed by atoms with Crippen LogP contribution in [-0.2, 0) is 19.7 Å². The van der Waals surface area contributed by atoms with E-state index in [-0.39, 0.29) is 23.8 Å². The molecule has 1 heterocycles. The van der Waals surface area contributed by atoms with Crippen LogP contribution < -0.4 is 10.6 Å². The molecule has 4 rings (SSSR count). The summed E-state index contributed by atoms with van der Waals surface area (Å²) in [5.41, 5.74) is 2.06. The van der Waals surface area contributed by atoms with Crippen LogP contribution in [0.25, 0.3) is 0 Å². The van der Waals surface area contributed by atoms with Crippen molar-refractivity contribution in [1.82, 2.24) is 5.32 Å². The van der Waals surface area contributed by atoms with Gasteiger partial charge in [-0.15, -0.1) is 0 Å². The van der Waals surface area contributed by atoms with Crippen molar-refractivity contribution < 1.29 is 14.3 Å². The zero-order valence-electron chi connectivity index (χ0n) is 17.1. The van der Waals surface area contributed by atoms with Crippen LogP contribution in [0.4, 0.5) is 5.69 Å². The van der Waals surface area contributed by atoms with E-state index in [1.807, 2.05) is 55.5 Å². The Balaban J connectivity index is 1.47. The quantitative estimate of drug-likeness (QED) is 0.708. The topological polar surface area (TPSA) is 67.4 Å². The average Bonchev–Trinajstić information content (AvgIpc) is 3.60. The Morgan fingerprint density at radius 1 is 1.10 bits per heavy atom. The molecule has 2 N–H and O–H groups in total. The summed E-state index contributed by atoms with van der Waals surface area (Å²) in [6.45, 7) is 3.06. The number of nitrogens with one attached hydrogen (secondary N) is 2. The molecule has 1 atom stereocenters. The fourth-order valence-corrected chi connectivity index (χ4v) is 4.21. The monoisotopic (exact) mass is 426 g/mol. The summed E-state index contributed by atoms with van der Waals surface area (Å²) in [5, 5.41) is 6.76. The van der Waals surface area contributed by atoms with Crippen molar-refractivity contribution in [3.63, 3.8) is 0 Å². The molecule has 2 aliphatic rings. The number of amides is 2. The maximum Gasteiger partial charge on any atom is 0.231 e. The van der Waals surface area contributed by atoms with E-state index in [2.05, 4.69) is 10.6 Å². The smallest absolute Gasteiger partial charge is 0.231 e. The number of halogens is 1. The van der Waals surface area contributed by atoms with Gasteiger partial charge in [-0.05, 0) is 68.0 Å². The molecule has 0 radical (unpaired) electrons. The Hall–Kier alpha value is -2.37. The molecule has 1 unspecified atom stereocenters. The molecule has 1 aliphatic carbocycles. The van der Waals surface area contributed by atoms with E-state index in [1.54, 1.807) is 0 Å². The molecule has 5 nitrogen and oxygen atoms in total. The van der Waals surface area contributed by atoms with Gasteiger partial charge >= 0.3 is 0 Å². The van der Waals surface area contributed by atoms with Gasteiger partial charge in [0.2, 0.25) is 11.8 Å². The van der Waals surface area contributed by atoms with Crippen LogP contribution in [0.15, 0.2) is 48.5 Å². The Morgan fingerprint density at radius 2 is 1.80 bits per heavy atom. The lowest BCUT2D eigenvalue weighted by Gasteiger charge is -2.37. The van der Waals surface area contributed by atoms with Crippen molar-refractivity contribution in [1.29, 1.82) is 0 Å². The van der Waals surface area contributed by atoms with E-state index in [0.29, 0.717) is 31.1 Å². The summed E-state index contributed by atoms with van der Waals surface area (Å²) in [4.78, 5) is 25.4. The Bertz CT molecular complexity index is 918. The predicted octanol–water partition coefficient (Wildman–Crippen LogP) is 4.61. The third kappa shape index (κ3) is 4.52. The van der Waals surface area contributed by atoms with Crippen molar-refractivity contribution in [2.24, 2.45) is 5.92 Å². The van der Waals surface area contributed by atoms with Gasteiger partial charge in [-0.2, -0.15) is 0 Å². The van der Waals surface area contributed by atoms with E-state index < -0.39 is 5.41 Å². The number of carbonyl (C=O) groups excluding carboxylic acids is 2. The van der Waals surface area contributed by atoms with Gasteiger partial charge < -0.3 is 15.4 Å². The second-order valence-corrected chi connectivity index (χ2v) is 8.72. The van der Waals surface area contributed by atoms with Gasteiger partial charge in [-0.3, -0.25) is 9.59 Å². The maximum atomic E-state index is 13.4. The van der Waals surface area contributed by atoms with Crippen LogP contribution in [0, 0.1) is 5.92 Å². The number of rotatable bonds is 6. The van der Waals surface area contributed by atoms with Gasteiger partial charge in [0, 0.05) is 29.8 Å². The van der Waals surface area contributed by atoms with Gasteiger partial charge in [-0.25, -0.2) is 0 Å². The van der Waals surface area contributed by atoms with E-state index in [9.17, 15) is 9.59 Å². The summed E-state index contributed by atoms with van der Waals surface area (Å²) in [7, 11) is 0. The summed E-state index contributed by atoms with van der Waals surface area (Å²) >= 11 is 6.21. The van der Waals surface area contributed by atoms with E-state index in [4.69, 9.17) is 16.3 Å². The number of anilines is 1. The van der Waals surface area contributed by atoms with Crippen LogP contribution in [0.5, 0.6) is 0 Å². The minimum atomic E-state index is -0.643. The molecule has 2 aromatic rings. The standard InChI is InChI=1S/C24H27ClN2O3/c1-16(17-7-9-21(10-8-17)27-22(28)18-5-6-18)26-23(29)24(11-13-30-14-12-24)19-3-2-4-20(25)15-19/h2-4,7-10,15-16,18H,5-6,11-14H2,1H3,(H,26,29)(H,27,28). The predicted molar refractivity (Wildman–Crippen MR) is 118 cm³/mol. The Morgan fingerprint density at radius 3 is 2.43 bits per heavy atom. The van der Waals surface area contributed by atoms with Crippen LogP contribution in [-0.4, -0.2) is 25.0 Å². The summed E-state index contributed by atoms with van der Waals surface area (Å²) < 4.78 is 5.53. The van der Waals surface area contributed by atoms with Crippen LogP contribution in [0.3, 0.4) is 0 Å². The van der Waals surface area contributed by atoms with Gasteiger partial charge in [0.05, 0.1) is 11.5 Å². The summed E-state index contributed by atoms with van der Waals surface area (Å²) in [6, 6.07) is 15.1. The first-order valence-corrected chi connectivity index (χ1v) is 10.9. The third-order valence-electron chi connectivity index (χ3n) is 6.13. The minimum absolute atomic E-state index is 0.00770. The number of ether oxygens (including phenoxy) is 1. The molecule has 0 bridgehead atoms. The van der Waals surface area contributed by atoms with Gasteiger partial charge in [-0.1, -0.05) is 35.9 Å². The molecule has 158 valence electrons. The molecule has 2 aromatic carbocycles. The molecular weight excluding hydrogens is 400 g/mol. The lowest BCUT2D eigenvalue weighted by atomic mass is 9.73. The Kier molecular flexibility index (Phi) is 6.11. The Labute approximate surface area is 182 Å². The third-order valence-corrected chi connectivity index (χ3v) is 6.37. The molecule has 1 saturated heterocycles. The van der Waals surface area contributed by atoms with Crippen molar-refractivity contribution in [3.8, 4) is 0 Å². The first-order valence-electron chi connectivity index (χ1n) is 10.5. The summed E-state index contributed by atoms with van der Waals surface area (Å²) in [5.74, 6) is 0.254. The number of hydrogen-bond donors (Lipinski definition) is 2. The van der Waals surface area contributed by atoms with Crippen molar-refractivity contribution in [3.05, 3.63) is 64.7 Å². The summed E-state index contributed by atoms with van der Waals surface area (Å²) in [6.07, 6.45) is 3.20. The van der Waals surface area contributed by atoms with E-state index in [1.165, 1.54) is 0 Å². The van der Waals surface area contributed by atoms with Gasteiger partial charge in [0.15, 0.2) is 0 Å². The SMILES string of the molecule is CC(NC(=O)C1(c2cccc(Cl)c2)CCOCC1)c1ccc(NC(=O)C2CC2)cc1. The van der Waals surface area contributed by atoms with E-state index in [0.717, 1.165) is 29.7 Å². The van der Waals surface area contributed by atoms with Crippen molar-refractivity contribution >= 4 is 29.1 Å². The second-order valence-electron chi connectivity index (χ2n) is 8.29. The lowest BCUT2D eigenvalue weighted by Crippen LogP contribution is -2.48. The molecule has 0 spiro atoms. The fraction of sp³-hybridized carbons (Fsp3) is 0.417. The molecule has 0 aromatic heterocycles. The second kappa shape index (κ2) is 8.78. The first kappa shape index (κ1) is 20.9. The van der Waals surface area contributed by atoms with E-state index >= 15 is 0 Å². The molecule has 6 heteroatoms. The van der Waals surface area contributed by atoms with Gasteiger partial charge in [0.1, 0.15) is 0 Å². The maximum absolute atomic E-state index is 13.4. The van der Waals surface area contributed by atoms with Crippen molar-refractivity contribution in [2.45, 2.75) is 44.1 Å². The highest BCUT2D eigenvalue weighted by Gasteiger charge is 2.42. The molecule has 1 saturated carbocycles. The minimum Gasteiger partial charge on any atom is -0.381 e. The lowest BCUT2D eigenvalue weighted by molar-refractivity contribution is -0.131. The molecular formula is C24H27ClN2O3. The van der Waals surface area contributed by atoms with Crippen LogP contribution in [0.1, 0.15) is 49.8 Å². The van der Waals surface area contributed by atoms with Crippen LogP contribution in [0.2, 0.25) is 5.02 Å². The normalized spacial score (nSPS) is 19.0. The average molecular weight is 427 g/mol. The molecule has 2 fully saturated rings. The van der Waals surface area contributed by atoms with Crippen LogP contribution >= 0.6 is 11.6 Å². The highest BCUT2D eigenvalue weighted by atomic mass is 35.5. The number of benzene rings is 2. The number of hydrogen-bond acceptors (Lipinski definition) is 3. The van der Waals surface area contributed by atoms with Gasteiger partial charge in [0.25, 0.3) is 0 Å². The molecule has 30 heavy (non-hydrogen) atoms.